The molecule has 1 heterocycles. The van der Waals surface area contributed by atoms with Crippen molar-refractivity contribution in [2.24, 2.45) is 0 Å². The van der Waals surface area contributed by atoms with Gasteiger partial charge >= 0.3 is 0 Å². The van der Waals surface area contributed by atoms with E-state index in [-0.39, 0.29) is 0 Å². The van der Waals surface area contributed by atoms with Gasteiger partial charge in [0.1, 0.15) is 13.0 Å². The molecule has 0 bridgehead atoms. The molecule has 0 spiro atoms. The van der Waals surface area contributed by atoms with Crippen molar-refractivity contribution in [1.82, 2.24) is 9.55 Å². The minimum atomic E-state index is -2.95. The first kappa shape index (κ1) is 13.8. The maximum Gasteiger partial charge on any atom is 0.168 e. The zero-order chi connectivity index (χ0) is 13.9. The normalized spacial score (nSPS) is 15.7. The minimum Gasteiger partial charge on any atom is -0.377 e. The molecule has 4 nitrogen and oxygen atoms in total. The van der Waals surface area contributed by atoms with Crippen molar-refractivity contribution in [2.45, 2.75) is 12.8 Å². The van der Waals surface area contributed by atoms with Gasteiger partial charge in [0.15, 0.2) is 5.85 Å². The van der Waals surface area contributed by atoms with E-state index in [1.165, 1.54) is 6.20 Å². The molecule has 0 amide bonds. The molecule has 2 aromatic rings. The summed E-state index contributed by atoms with van der Waals surface area (Å²) in [5, 5.41) is 11.2. The van der Waals surface area contributed by atoms with Crippen LogP contribution in [0.2, 0.25) is 0 Å². The van der Waals surface area contributed by atoms with Gasteiger partial charge in [0.25, 0.3) is 0 Å². The van der Waals surface area contributed by atoms with E-state index in [9.17, 15) is 9.67 Å². The van der Waals surface area contributed by atoms with E-state index in [4.69, 9.17) is 0 Å². The van der Waals surface area contributed by atoms with Crippen molar-refractivity contribution in [3.8, 4) is 0 Å². The van der Waals surface area contributed by atoms with Gasteiger partial charge in [0.2, 0.25) is 0 Å². The topological polar surface area (TPSA) is 55.1 Å². The number of benzene rings is 1. The molecule has 0 saturated heterocycles. The molecule has 2 atom stereocenters. The molecule has 5 heteroatoms. The number of aliphatic hydroxyl groups is 1. The lowest BCUT2D eigenvalue weighted by Gasteiger charge is -2.22. The first-order chi connectivity index (χ1) is 9.13. The van der Waals surface area contributed by atoms with E-state index in [0.29, 0.717) is 17.3 Å². The van der Waals surface area contributed by atoms with Crippen molar-refractivity contribution < 1.29 is 9.67 Å². The predicted octanol–water partition coefficient (Wildman–Crippen LogP) is 2.68. The molecule has 0 aliphatic rings. The second-order valence-electron chi connectivity index (χ2n) is 4.20. The van der Waals surface area contributed by atoms with Crippen LogP contribution in [-0.4, -0.2) is 20.8 Å². The van der Waals surface area contributed by atoms with Crippen LogP contribution in [0.15, 0.2) is 49.3 Å². The lowest BCUT2D eigenvalue weighted by atomic mass is 10.4. The number of rotatable bonds is 5. The van der Waals surface area contributed by atoms with Gasteiger partial charge in [0.05, 0.1) is 0 Å². The summed E-state index contributed by atoms with van der Waals surface area (Å²) in [5.41, 5.74) is 0. The number of hydrogen-bond donors (Lipinski definition) is 1. The SMILES string of the molecule is C=Cn1ccnc1C(O)P(=O)(CC)c1ccccc1. The molecular formula is C14H17N2O2P. The largest absolute Gasteiger partial charge is 0.377 e. The number of aromatic nitrogens is 2. The Bertz CT molecular complexity index is 607. The van der Waals surface area contributed by atoms with Crippen LogP contribution >= 0.6 is 7.14 Å². The molecule has 0 aliphatic heterocycles. The van der Waals surface area contributed by atoms with E-state index in [1.807, 2.05) is 25.1 Å². The average Bonchev–Trinajstić information content (AvgIpc) is 2.94. The van der Waals surface area contributed by atoms with Crippen molar-refractivity contribution in [3.63, 3.8) is 0 Å². The summed E-state index contributed by atoms with van der Waals surface area (Å²) in [6.45, 7) is 5.47. The first-order valence-corrected chi connectivity index (χ1v) is 8.07. The highest BCUT2D eigenvalue weighted by Crippen LogP contribution is 2.55. The second-order valence-corrected chi connectivity index (χ2v) is 7.43. The summed E-state index contributed by atoms with van der Waals surface area (Å²) in [4.78, 5) is 4.10. The minimum absolute atomic E-state index is 0.365. The lowest BCUT2D eigenvalue weighted by molar-refractivity contribution is 0.243. The lowest BCUT2D eigenvalue weighted by Crippen LogP contribution is -2.15. The third kappa shape index (κ3) is 2.42. The fraction of sp³-hybridized carbons (Fsp3) is 0.214. The molecule has 1 N–H and O–H groups in total. The van der Waals surface area contributed by atoms with Gasteiger partial charge in [-0.15, -0.1) is 0 Å². The van der Waals surface area contributed by atoms with E-state index < -0.39 is 13.0 Å². The van der Waals surface area contributed by atoms with Crippen molar-refractivity contribution >= 4 is 18.6 Å². The van der Waals surface area contributed by atoms with Gasteiger partial charge in [-0.1, -0.05) is 43.8 Å². The van der Waals surface area contributed by atoms with Crippen molar-refractivity contribution in [3.05, 3.63) is 55.1 Å². The highest BCUT2D eigenvalue weighted by Gasteiger charge is 2.35. The molecule has 0 fully saturated rings. The molecular weight excluding hydrogens is 259 g/mol. The summed E-state index contributed by atoms with van der Waals surface area (Å²) in [7, 11) is -2.95. The van der Waals surface area contributed by atoms with E-state index in [2.05, 4.69) is 11.6 Å². The summed E-state index contributed by atoms with van der Waals surface area (Å²) in [6.07, 6.45) is 5.15. The smallest absolute Gasteiger partial charge is 0.168 e. The van der Waals surface area contributed by atoms with E-state index in [0.717, 1.165) is 0 Å². The Labute approximate surface area is 112 Å². The van der Waals surface area contributed by atoms with Gasteiger partial charge in [-0.25, -0.2) is 4.98 Å². The quantitative estimate of drug-likeness (QED) is 0.854. The molecule has 1 aromatic heterocycles. The molecule has 1 aromatic carbocycles. The van der Waals surface area contributed by atoms with Crippen LogP contribution in [0.3, 0.4) is 0 Å². The first-order valence-electron chi connectivity index (χ1n) is 6.11. The predicted molar refractivity (Wildman–Crippen MR) is 77.8 cm³/mol. The fourth-order valence-electron chi connectivity index (χ4n) is 2.04. The maximum atomic E-state index is 13.1. The molecule has 2 rings (SSSR count). The van der Waals surface area contributed by atoms with Gasteiger partial charge in [-0.3, -0.25) is 0 Å². The van der Waals surface area contributed by atoms with Gasteiger partial charge < -0.3 is 14.2 Å². The van der Waals surface area contributed by atoms with Gasteiger partial charge in [0, 0.05) is 30.1 Å². The van der Waals surface area contributed by atoms with Crippen LogP contribution < -0.4 is 5.30 Å². The monoisotopic (exact) mass is 276 g/mol. The summed E-state index contributed by atoms with van der Waals surface area (Å²) >= 11 is 0. The number of nitrogens with zero attached hydrogens (tertiary/aromatic N) is 2. The third-order valence-electron chi connectivity index (χ3n) is 3.18. The van der Waals surface area contributed by atoms with Crippen molar-refractivity contribution in [1.29, 1.82) is 0 Å². The number of aliphatic hydroxyl groups excluding tert-OH is 1. The van der Waals surface area contributed by atoms with Crippen LogP contribution in [0.4, 0.5) is 0 Å². The van der Waals surface area contributed by atoms with Crippen LogP contribution in [-0.2, 0) is 4.57 Å². The Balaban J connectivity index is 2.48. The number of hydrogen-bond acceptors (Lipinski definition) is 3. The molecule has 0 radical (unpaired) electrons. The summed E-state index contributed by atoms with van der Waals surface area (Å²) in [6, 6.07) is 9.08. The van der Waals surface area contributed by atoms with Crippen LogP contribution in [0.5, 0.6) is 0 Å². The average molecular weight is 276 g/mol. The van der Waals surface area contributed by atoms with Gasteiger partial charge in [-0.05, 0) is 0 Å². The molecule has 2 unspecified atom stereocenters. The van der Waals surface area contributed by atoms with Crippen LogP contribution in [0, 0.1) is 0 Å². The third-order valence-corrected chi connectivity index (χ3v) is 6.32. The highest BCUT2D eigenvalue weighted by molar-refractivity contribution is 7.71. The maximum absolute atomic E-state index is 13.1. The summed E-state index contributed by atoms with van der Waals surface area (Å²) in [5.74, 6) is -0.753. The zero-order valence-corrected chi connectivity index (χ0v) is 11.7. The fourth-order valence-corrected chi connectivity index (χ4v) is 4.29. The van der Waals surface area contributed by atoms with E-state index >= 15 is 0 Å². The van der Waals surface area contributed by atoms with Gasteiger partial charge in [-0.2, -0.15) is 0 Å². The second kappa shape index (κ2) is 5.55. The Kier molecular flexibility index (Phi) is 4.03. The van der Waals surface area contributed by atoms with Crippen molar-refractivity contribution in [2.75, 3.05) is 6.16 Å². The zero-order valence-electron chi connectivity index (χ0n) is 10.8. The highest BCUT2D eigenvalue weighted by atomic mass is 31.2. The molecule has 19 heavy (non-hydrogen) atoms. The summed E-state index contributed by atoms with van der Waals surface area (Å²) < 4.78 is 14.7. The molecule has 0 aliphatic carbocycles. The standard InChI is InChI=1S/C14H17N2O2P/c1-3-16-11-10-15-13(16)14(17)19(18,4-2)12-8-6-5-7-9-12/h3,5-11,14,17H,1,4H2,2H3. The van der Waals surface area contributed by atoms with Crippen LogP contribution in [0.1, 0.15) is 18.6 Å². The Morgan fingerprint density at radius 1 is 1.47 bits per heavy atom. The Hall–Kier alpha value is -1.64. The van der Waals surface area contributed by atoms with E-state index in [1.54, 1.807) is 29.1 Å². The number of imidazole rings is 1. The molecule has 0 saturated carbocycles. The van der Waals surface area contributed by atoms with Crippen LogP contribution in [0.25, 0.3) is 6.20 Å². The molecule has 100 valence electrons. The Morgan fingerprint density at radius 3 is 2.74 bits per heavy atom. The Morgan fingerprint density at radius 2 is 2.16 bits per heavy atom.